The molecule has 0 spiro atoms. The van der Waals surface area contributed by atoms with Crippen molar-refractivity contribution in [2.24, 2.45) is 0 Å². The maximum Gasteiger partial charge on any atom is 0.236 e. The molecule has 0 aliphatic heterocycles. The van der Waals surface area contributed by atoms with Gasteiger partial charge in [-0.25, -0.2) is 0 Å². The van der Waals surface area contributed by atoms with Gasteiger partial charge in [-0.05, 0) is 31.2 Å². The molecule has 0 fully saturated rings. The van der Waals surface area contributed by atoms with Crippen LogP contribution in [-0.4, -0.2) is 43.7 Å². The highest BCUT2D eigenvalue weighted by atomic mass is 32.2. The predicted octanol–water partition coefficient (Wildman–Crippen LogP) is 2.94. The van der Waals surface area contributed by atoms with Crippen molar-refractivity contribution >= 4 is 34.1 Å². The zero-order chi connectivity index (χ0) is 20.6. The van der Waals surface area contributed by atoms with Crippen LogP contribution in [0.2, 0.25) is 0 Å². The molecule has 3 aromatic rings. The van der Waals surface area contributed by atoms with Crippen LogP contribution in [0.15, 0.2) is 42.1 Å². The zero-order valence-corrected chi connectivity index (χ0v) is 17.6. The van der Waals surface area contributed by atoms with Gasteiger partial charge in [0.2, 0.25) is 11.0 Å². The van der Waals surface area contributed by atoms with Gasteiger partial charge in [0.25, 0.3) is 0 Å². The van der Waals surface area contributed by atoms with Crippen LogP contribution in [0, 0.1) is 6.92 Å². The Morgan fingerprint density at radius 2 is 2.00 bits per heavy atom. The molecule has 3 rings (SSSR count). The van der Waals surface area contributed by atoms with Crippen molar-refractivity contribution in [3.8, 4) is 11.5 Å². The summed E-state index contributed by atoms with van der Waals surface area (Å²) in [6, 6.07) is 7.29. The van der Waals surface area contributed by atoms with Crippen LogP contribution in [0.1, 0.15) is 10.8 Å². The normalized spacial score (nSPS) is 10.6. The zero-order valence-electron chi connectivity index (χ0n) is 16.0. The number of aryl methyl sites for hydroxylation is 1. The number of hydrogen-bond acceptors (Lipinski definition) is 9. The van der Waals surface area contributed by atoms with Crippen LogP contribution >= 0.6 is 23.1 Å². The fraction of sp³-hybridized carbons (Fsp3) is 0.278. The summed E-state index contributed by atoms with van der Waals surface area (Å²) in [7, 11) is 1.61. The second-order valence-electron chi connectivity index (χ2n) is 5.73. The third-order valence-electron chi connectivity index (χ3n) is 3.64. The number of benzene rings is 1. The highest BCUT2D eigenvalue weighted by Crippen LogP contribution is 2.21. The third kappa shape index (κ3) is 5.78. The predicted molar refractivity (Wildman–Crippen MR) is 112 cm³/mol. The Hall–Kier alpha value is -2.92. The summed E-state index contributed by atoms with van der Waals surface area (Å²) in [5, 5.41) is 20.7. The van der Waals surface area contributed by atoms with Gasteiger partial charge in [0.1, 0.15) is 23.1 Å². The van der Waals surface area contributed by atoms with Gasteiger partial charge in [-0.1, -0.05) is 29.2 Å². The van der Waals surface area contributed by atoms with Crippen molar-refractivity contribution < 1.29 is 14.3 Å². The van der Waals surface area contributed by atoms with Crippen LogP contribution < -0.4 is 14.8 Å². The number of nitrogens with zero attached hydrogens (tertiary/aromatic N) is 5. The van der Waals surface area contributed by atoms with Gasteiger partial charge in [0.15, 0.2) is 11.0 Å². The average molecular weight is 433 g/mol. The van der Waals surface area contributed by atoms with Crippen LogP contribution in [0.25, 0.3) is 0 Å². The molecule has 2 aromatic heterocycles. The van der Waals surface area contributed by atoms with Gasteiger partial charge in [0.05, 0.1) is 12.9 Å². The van der Waals surface area contributed by atoms with E-state index in [-0.39, 0.29) is 18.3 Å². The van der Waals surface area contributed by atoms with Gasteiger partial charge in [0, 0.05) is 6.54 Å². The van der Waals surface area contributed by atoms with Crippen molar-refractivity contribution in [2.75, 3.05) is 18.2 Å². The number of aromatic nitrogens is 5. The van der Waals surface area contributed by atoms with E-state index in [1.165, 1.54) is 23.1 Å². The summed E-state index contributed by atoms with van der Waals surface area (Å²) < 4.78 is 12.8. The first kappa shape index (κ1) is 20.8. The first-order valence-corrected chi connectivity index (χ1v) is 10.4. The van der Waals surface area contributed by atoms with Crippen molar-refractivity contribution in [3.63, 3.8) is 0 Å². The fourth-order valence-corrected chi connectivity index (χ4v) is 3.67. The number of ether oxygens (including phenoxy) is 2. The summed E-state index contributed by atoms with van der Waals surface area (Å²) in [6.45, 7) is 6.35. The minimum Gasteiger partial charge on any atom is -0.497 e. The van der Waals surface area contributed by atoms with E-state index in [0.29, 0.717) is 28.4 Å². The van der Waals surface area contributed by atoms with Gasteiger partial charge >= 0.3 is 0 Å². The Balaban J connectivity index is 1.59. The molecule has 0 atom stereocenters. The number of hydrogen-bond donors (Lipinski definition) is 1. The first-order valence-electron chi connectivity index (χ1n) is 8.61. The maximum atomic E-state index is 12.1. The summed E-state index contributed by atoms with van der Waals surface area (Å²) in [5.41, 5.74) is 0. The lowest BCUT2D eigenvalue weighted by Gasteiger charge is -2.09. The molecule has 1 amide bonds. The van der Waals surface area contributed by atoms with Gasteiger partial charge in [-0.15, -0.1) is 27.0 Å². The molecular formula is C18H20N6O3S2. The molecule has 1 N–H and O–H groups in total. The Morgan fingerprint density at radius 1 is 1.24 bits per heavy atom. The molecule has 1 aromatic carbocycles. The van der Waals surface area contributed by atoms with E-state index < -0.39 is 0 Å². The molecule has 0 bridgehead atoms. The largest absolute Gasteiger partial charge is 0.497 e. The van der Waals surface area contributed by atoms with Crippen molar-refractivity contribution in [2.45, 2.75) is 25.2 Å². The number of carbonyl (C=O) groups excluding carboxylic acids is 1. The number of thioether (sulfide) groups is 1. The summed E-state index contributed by atoms with van der Waals surface area (Å²) >= 11 is 2.61. The van der Waals surface area contributed by atoms with E-state index in [9.17, 15) is 4.79 Å². The molecule has 0 saturated carbocycles. The topological polar surface area (TPSA) is 104 Å². The lowest BCUT2D eigenvalue weighted by molar-refractivity contribution is -0.113. The van der Waals surface area contributed by atoms with Gasteiger partial charge in [-0.3, -0.25) is 14.7 Å². The molecule has 0 aliphatic rings. The molecule has 0 saturated heterocycles. The molecule has 2 heterocycles. The number of methoxy groups -OCH3 is 1. The molecule has 0 aliphatic carbocycles. The standard InChI is InChI=1S/C18H20N6O3S2/c1-4-9-24-15(10-27-14-7-5-13(26-3)6-8-14)21-23-18(24)28-11-16(25)19-17-22-20-12(2)29-17/h4-8H,1,9-11H2,2-3H3,(H,19,22,25). The fourth-order valence-electron chi connectivity index (χ4n) is 2.30. The van der Waals surface area contributed by atoms with E-state index in [1.807, 2.05) is 35.8 Å². The lowest BCUT2D eigenvalue weighted by Crippen LogP contribution is -2.15. The van der Waals surface area contributed by atoms with E-state index in [4.69, 9.17) is 9.47 Å². The number of allylic oxidation sites excluding steroid dienone is 1. The molecule has 11 heteroatoms. The second kappa shape index (κ2) is 10.0. The number of anilines is 1. The van der Waals surface area contributed by atoms with E-state index in [2.05, 4.69) is 32.3 Å². The maximum absolute atomic E-state index is 12.1. The third-order valence-corrected chi connectivity index (χ3v) is 5.36. The highest BCUT2D eigenvalue weighted by Gasteiger charge is 2.15. The minimum absolute atomic E-state index is 0.174. The molecule has 9 nitrogen and oxygen atoms in total. The number of nitrogens with one attached hydrogen (secondary N) is 1. The number of rotatable bonds is 10. The molecule has 152 valence electrons. The number of carbonyl (C=O) groups is 1. The van der Waals surface area contributed by atoms with Crippen LogP contribution in [-0.2, 0) is 17.9 Å². The number of amides is 1. The highest BCUT2D eigenvalue weighted by molar-refractivity contribution is 7.99. The van der Waals surface area contributed by atoms with Gasteiger partial charge < -0.3 is 9.47 Å². The monoisotopic (exact) mass is 432 g/mol. The Bertz CT molecular complexity index is 970. The van der Waals surface area contributed by atoms with Crippen LogP contribution in [0.4, 0.5) is 5.13 Å². The summed E-state index contributed by atoms with van der Waals surface area (Å²) in [4.78, 5) is 12.1. The van der Waals surface area contributed by atoms with Gasteiger partial charge in [-0.2, -0.15) is 0 Å². The Labute approximate surface area is 176 Å². The van der Waals surface area contributed by atoms with E-state index in [1.54, 1.807) is 13.2 Å². The van der Waals surface area contributed by atoms with Crippen molar-refractivity contribution in [1.82, 2.24) is 25.0 Å². The van der Waals surface area contributed by atoms with Crippen LogP contribution in [0.5, 0.6) is 11.5 Å². The van der Waals surface area contributed by atoms with Crippen molar-refractivity contribution in [3.05, 3.63) is 47.8 Å². The second-order valence-corrected chi connectivity index (χ2v) is 7.85. The Kier molecular flexibility index (Phi) is 7.19. The minimum atomic E-state index is -0.185. The molecular weight excluding hydrogens is 412 g/mol. The lowest BCUT2D eigenvalue weighted by atomic mass is 10.3. The SMILES string of the molecule is C=CCn1c(COc2ccc(OC)cc2)nnc1SCC(=O)Nc1nnc(C)s1. The van der Waals surface area contributed by atoms with E-state index >= 15 is 0 Å². The summed E-state index contributed by atoms with van der Waals surface area (Å²) in [5.74, 6) is 2.08. The first-order chi connectivity index (χ1) is 14.1. The quantitative estimate of drug-likeness (QED) is 0.385. The van der Waals surface area contributed by atoms with Crippen molar-refractivity contribution in [1.29, 1.82) is 0 Å². The Morgan fingerprint density at radius 3 is 2.66 bits per heavy atom. The molecule has 0 radical (unpaired) electrons. The molecule has 0 unspecified atom stereocenters. The summed E-state index contributed by atoms with van der Waals surface area (Å²) in [6.07, 6.45) is 1.74. The smallest absolute Gasteiger partial charge is 0.236 e. The average Bonchev–Trinajstić information content (AvgIpc) is 3.31. The molecule has 29 heavy (non-hydrogen) atoms. The van der Waals surface area contributed by atoms with E-state index in [0.717, 1.165) is 10.8 Å². The van der Waals surface area contributed by atoms with Crippen LogP contribution in [0.3, 0.4) is 0 Å².